The number of carbonyl (C=O) groups is 1. The Balaban J connectivity index is 0. The molecule has 0 aromatic rings. The van der Waals surface area contributed by atoms with Gasteiger partial charge in [-0.3, -0.25) is 4.79 Å². The molecule has 3 heteroatoms. The second-order valence-electron chi connectivity index (χ2n) is 2.88. The van der Waals surface area contributed by atoms with Crippen LogP contribution < -0.4 is 0 Å². The van der Waals surface area contributed by atoms with E-state index in [0.29, 0.717) is 0 Å². The minimum absolute atomic E-state index is 0. The van der Waals surface area contributed by atoms with Gasteiger partial charge in [0.25, 0.3) is 0 Å². The van der Waals surface area contributed by atoms with Crippen LogP contribution in [0.2, 0.25) is 0 Å². The Morgan fingerprint density at radius 1 is 1.42 bits per heavy atom. The SMILES string of the molecule is [CH2]C(CCCCCC)C(=O)O.[NaH]. The van der Waals surface area contributed by atoms with E-state index < -0.39 is 11.9 Å². The van der Waals surface area contributed by atoms with Crippen LogP contribution in [0.5, 0.6) is 0 Å². The van der Waals surface area contributed by atoms with Crippen LogP contribution in [-0.2, 0) is 4.79 Å². The molecule has 0 spiro atoms. The molecule has 0 bridgehead atoms. The van der Waals surface area contributed by atoms with Gasteiger partial charge < -0.3 is 5.11 Å². The molecule has 12 heavy (non-hydrogen) atoms. The molecule has 1 atom stereocenters. The van der Waals surface area contributed by atoms with Gasteiger partial charge in [-0.1, -0.05) is 32.6 Å². The van der Waals surface area contributed by atoms with Crippen LogP contribution >= 0.6 is 0 Å². The van der Waals surface area contributed by atoms with Gasteiger partial charge in [0, 0.05) is 0 Å². The Bertz CT molecular complexity index is 115. The molecule has 0 amide bonds. The minimum atomic E-state index is -0.776. The van der Waals surface area contributed by atoms with Crippen molar-refractivity contribution in [3.63, 3.8) is 0 Å². The molecule has 0 heterocycles. The number of carboxylic acids is 1. The molecule has 0 aliphatic rings. The number of rotatable bonds is 6. The van der Waals surface area contributed by atoms with E-state index >= 15 is 0 Å². The first-order valence-electron chi connectivity index (χ1n) is 4.24. The summed E-state index contributed by atoms with van der Waals surface area (Å²) in [6, 6.07) is 0. The molecule has 0 aliphatic heterocycles. The zero-order valence-corrected chi connectivity index (χ0v) is 7.18. The normalized spacial score (nSPS) is 11.8. The molecule has 2 nitrogen and oxygen atoms in total. The van der Waals surface area contributed by atoms with Gasteiger partial charge >= 0.3 is 35.5 Å². The second kappa shape index (κ2) is 9.56. The third-order valence-electron chi connectivity index (χ3n) is 1.76. The fraction of sp³-hybridized carbons (Fsp3) is 0.778. The van der Waals surface area contributed by atoms with Crippen molar-refractivity contribution in [2.45, 2.75) is 39.0 Å². The topological polar surface area (TPSA) is 37.3 Å². The molecule has 0 aromatic carbocycles. The Morgan fingerprint density at radius 2 is 2.00 bits per heavy atom. The van der Waals surface area contributed by atoms with Gasteiger partial charge in [0.1, 0.15) is 0 Å². The standard InChI is InChI=1S/C9H17O2.Na.H/c1-3-4-5-6-7-8(2)9(10)11;;/h8H,2-7H2,1H3,(H,10,11);;. The molecular weight excluding hydrogens is 163 g/mol. The summed E-state index contributed by atoms with van der Waals surface area (Å²) in [4.78, 5) is 10.3. The third kappa shape index (κ3) is 8.57. The number of hydrogen-bond donors (Lipinski definition) is 1. The van der Waals surface area contributed by atoms with Crippen molar-refractivity contribution in [2.24, 2.45) is 5.92 Å². The van der Waals surface area contributed by atoms with Gasteiger partial charge in [-0.05, 0) is 13.3 Å². The van der Waals surface area contributed by atoms with Gasteiger partial charge in [-0.25, -0.2) is 0 Å². The third-order valence-corrected chi connectivity index (χ3v) is 1.76. The van der Waals surface area contributed by atoms with Crippen LogP contribution in [0.25, 0.3) is 0 Å². The average molecular weight is 181 g/mol. The van der Waals surface area contributed by atoms with Gasteiger partial charge in [0.15, 0.2) is 0 Å². The van der Waals surface area contributed by atoms with Crippen molar-refractivity contribution in [3.8, 4) is 0 Å². The van der Waals surface area contributed by atoms with Crippen molar-refractivity contribution < 1.29 is 9.90 Å². The van der Waals surface area contributed by atoms with Crippen molar-refractivity contribution >= 4 is 35.5 Å². The first-order chi connectivity index (χ1) is 5.18. The van der Waals surface area contributed by atoms with E-state index in [1.807, 2.05) is 0 Å². The molecule has 67 valence electrons. The van der Waals surface area contributed by atoms with Gasteiger partial charge in [0.05, 0.1) is 5.92 Å². The molecule has 0 fully saturated rings. The van der Waals surface area contributed by atoms with E-state index in [4.69, 9.17) is 5.11 Å². The molecule has 0 aliphatic carbocycles. The maximum absolute atomic E-state index is 10.3. The Kier molecular flexibility index (Phi) is 11.9. The fourth-order valence-corrected chi connectivity index (χ4v) is 0.941. The summed E-state index contributed by atoms with van der Waals surface area (Å²) in [5.41, 5.74) is 0. The fourth-order valence-electron chi connectivity index (χ4n) is 0.941. The number of unbranched alkanes of at least 4 members (excludes halogenated alkanes) is 3. The van der Waals surface area contributed by atoms with Gasteiger partial charge in [0.2, 0.25) is 0 Å². The molecule has 1 radical (unpaired) electrons. The quantitative estimate of drug-likeness (QED) is 0.501. The first-order valence-corrected chi connectivity index (χ1v) is 4.24. The van der Waals surface area contributed by atoms with E-state index in [1.54, 1.807) is 0 Å². The molecule has 0 saturated heterocycles. The van der Waals surface area contributed by atoms with Crippen molar-refractivity contribution in [3.05, 3.63) is 6.92 Å². The summed E-state index contributed by atoms with van der Waals surface area (Å²) in [7, 11) is 0. The summed E-state index contributed by atoms with van der Waals surface area (Å²) in [6.45, 7) is 5.67. The molecule has 0 aromatic heterocycles. The molecule has 0 saturated carbocycles. The van der Waals surface area contributed by atoms with Crippen LogP contribution in [0, 0.1) is 12.8 Å². The van der Waals surface area contributed by atoms with Crippen LogP contribution in [0.3, 0.4) is 0 Å². The summed E-state index contributed by atoms with van der Waals surface area (Å²) in [5, 5.41) is 8.48. The average Bonchev–Trinajstić information content (AvgIpc) is 1.97. The first kappa shape index (κ1) is 15.0. The zero-order chi connectivity index (χ0) is 8.69. The van der Waals surface area contributed by atoms with Gasteiger partial charge in [-0.15, -0.1) is 0 Å². The van der Waals surface area contributed by atoms with Crippen molar-refractivity contribution in [1.29, 1.82) is 0 Å². The predicted octanol–water partition coefficient (Wildman–Crippen LogP) is 1.84. The molecular formula is C9H18NaO2. The molecule has 1 unspecified atom stereocenters. The Labute approximate surface area is 97.0 Å². The van der Waals surface area contributed by atoms with Crippen LogP contribution in [0.1, 0.15) is 39.0 Å². The van der Waals surface area contributed by atoms with Gasteiger partial charge in [-0.2, -0.15) is 0 Å². The maximum atomic E-state index is 10.3. The van der Waals surface area contributed by atoms with Crippen LogP contribution in [0.15, 0.2) is 0 Å². The number of hydrogen-bond acceptors (Lipinski definition) is 1. The van der Waals surface area contributed by atoms with E-state index in [2.05, 4.69) is 13.8 Å². The monoisotopic (exact) mass is 181 g/mol. The zero-order valence-electron chi connectivity index (χ0n) is 7.18. The summed E-state index contributed by atoms with van der Waals surface area (Å²) >= 11 is 0. The Morgan fingerprint density at radius 3 is 2.42 bits per heavy atom. The van der Waals surface area contributed by atoms with E-state index in [9.17, 15) is 4.79 Å². The predicted molar refractivity (Wildman–Crippen MR) is 52.4 cm³/mol. The van der Waals surface area contributed by atoms with E-state index in [-0.39, 0.29) is 29.6 Å². The molecule has 1 N–H and O–H groups in total. The van der Waals surface area contributed by atoms with Crippen molar-refractivity contribution in [1.82, 2.24) is 0 Å². The summed E-state index contributed by atoms with van der Waals surface area (Å²) in [6.07, 6.45) is 5.24. The van der Waals surface area contributed by atoms with Crippen LogP contribution in [-0.4, -0.2) is 40.6 Å². The molecule has 0 rings (SSSR count). The Hall–Kier alpha value is 0.470. The second-order valence-corrected chi connectivity index (χ2v) is 2.88. The summed E-state index contributed by atoms with van der Waals surface area (Å²) < 4.78 is 0. The van der Waals surface area contributed by atoms with Crippen LogP contribution in [0.4, 0.5) is 0 Å². The van der Waals surface area contributed by atoms with Crippen molar-refractivity contribution in [2.75, 3.05) is 0 Å². The summed E-state index contributed by atoms with van der Waals surface area (Å²) in [5.74, 6) is -1.19. The number of aliphatic carboxylic acids is 1. The van der Waals surface area contributed by atoms with E-state index in [0.717, 1.165) is 19.3 Å². The van der Waals surface area contributed by atoms with E-state index in [1.165, 1.54) is 12.8 Å². The number of carboxylic acid groups (broad SMARTS) is 1.